The number of rotatable bonds is 9. The second kappa shape index (κ2) is 9.60. The van der Waals surface area contributed by atoms with Gasteiger partial charge >= 0.3 is 0 Å². The van der Waals surface area contributed by atoms with E-state index in [2.05, 4.69) is 18.3 Å². The molecule has 24 heavy (non-hydrogen) atoms. The quantitative estimate of drug-likeness (QED) is 0.712. The summed E-state index contributed by atoms with van der Waals surface area (Å²) in [5, 5.41) is 2.95. The third-order valence-electron chi connectivity index (χ3n) is 3.69. The van der Waals surface area contributed by atoms with Crippen LogP contribution in [-0.2, 0) is 6.42 Å². The second-order valence-corrected chi connectivity index (χ2v) is 5.54. The first-order chi connectivity index (χ1) is 11.7. The molecule has 0 saturated heterocycles. The lowest BCUT2D eigenvalue weighted by Gasteiger charge is -2.11. The summed E-state index contributed by atoms with van der Waals surface area (Å²) in [6.45, 7) is 3.45. The lowest BCUT2D eigenvalue weighted by atomic mass is 10.1. The molecule has 0 heterocycles. The molecule has 0 aromatic heterocycles. The number of nitrogens with one attached hydrogen (secondary N) is 1. The predicted molar refractivity (Wildman–Crippen MR) is 95.9 cm³/mol. The highest BCUT2D eigenvalue weighted by atomic mass is 16.5. The van der Waals surface area contributed by atoms with Crippen molar-refractivity contribution in [3.8, 4) is 11.5 Å². The molecule has 4 nitrogen and oxygen atoms in total. The van der Waals surface area contributed by atoms with E-state index >= 15 is 0 Å². The fourth-order valence-electron chi connectivity index (χ4n) is 2.39. The van der Waals surface area contributed by atoms with Gasteiger partial charge in [-0.1, -0.05) is 25.1 Å². The SMILES string of the molecule is CCCOc1ccccc1CCCNC(=O)c1ccc(OC)cc1. The third-order valence-corrected chi connectivity index (χ3v) is 3.69. The normalized spacial score (nSPS) is 10.2. The zero-order valence-electron chi connectivity index (χ0n) is 14.4. The zero-order chi connectivity index (χ0) is 17.2. The first kappa shape index (κ1) is 17.9. The Hall–Kier alpha value is -2.49. The summed E-state index contributed by atoms with van der Waals surface area (Å²) >= 11 is 0. The Labute approximate surface area is 143 Å². The van der Waals surface area contributed by atoms with Crippen LogP contribution < -0.4 is 14.8 Å². The molecule has 0 unspecified atom stereocenters. The van der Waals surface area contributed by atoms with Crippen LogP contribution in [0.2, 0.25) is 0 Å². The van der Waals surface area contributed by atoms with E-state index in [1.807, 2.05) is 18.2 Å². The van der Waals surface area contributed by atoms with Gasteiger partial charge in [-0.3, -0.25) is 4.79 Å². The number of carbonyl (C=O) groups is 1. The van der Waals surface area contributed by atoms with Crippen LogP contribution in [0.3, 0.4) is 0 Å². The lowest BCUT2D eigenvalue weighted by Crippen LogP contribution is -2.24. The predicted octanol–water partition coefficient (Wildman–Crippen LogP) is 3.85. The maximum Gasteiger partial charge on any atom is 0.251 e. The molecule has 1 amide bonds. The minimum atomic E-state index is -0.0619. The molecular formula is C20H25NO3. The molecule has 4 heteroatoms. The van der Waals surface area contributed by atoms with Crippen LogP contribution in [0, 0.1) is 0 Å². The number of amides is 1. The van der Waals surface area contributed by atoms with Crippen molar-refractivity contribution in [3.05, 3.63) is 59.7 Å². The van der Waals surface area contributed by atoms with Gasteiger partial charge in [0.15, 0.2) is 0 Å². The monoisotopic (exact) mass is 327 g/mol. The Kier molecular flexibility index (Phi) is 7.15. The van der Waals surface area contributed by atoms with Crippen LogP contribution in [0.25, 0.3) is 0 Å². The molecule has 0 bridgehead atoms. The number of carbonyl (C=O) groups excluding carboxylic acids is 1. The number of methoxy groups -OCH3 is 1. The first-order valence-corrected chi connectivity index (χ1v) is 8.37. The van der Waals surface area contributed by atoms with Gasteiger partial charge < -0.3 is 14.8 Å². The lowest BCUT2D eigenvalue weighted by molar-refractivity contribution is 0.0953. The Bertz CT molecular complexity index is 638. The molecule has 1 N–H and O–H groups in total. The summed E-state index contributed by atoms with van der Waals surface area (Å²) < 4.78 is 10.8. The van der Waals surface area contributed by atoms with Gasteiger partial charge in [0.25, 0.3) is 5.91 Å². The maximum absolute atomic E-state index is 12.1. The van der Waals surface area contributed by atoms with Crippen molar-refractivity contribution in [1.82, 2.24) is 5.32 Å². The van der Waals surface area contributed by atoms with Gasteiger partial charge in [0, 0.05) is 12.1 Å². The highest BCUT2D eigenvalue weighted by molar-refractivity contribution is 5.94. The van der Waals surface area contributed by atoms with Crippen molar-refractivity contribution >= 4 is 5.91 Å². The Balaban J connectivity index is 1.79. The highest BCUT2D eigenvalue weighted by Crippen LogP contribution is 2.19. The second-order valence-electron chi connectivity index (χ2n) is 5.54. The maximum atomic E-state index is 12.1. The van der Waals surface area contributed by atoms with Crippen LogP contribution in [0.4, 0.5) is 0 Å². The summed E-state index contributed by atoms with van der Waals surface area (Å²) in [6, 6.07) is 15.2. The average molecular weight is 327 g/mol. The molecule has 0 spiro atoms. The molecule has 0 saturated carbocycles. The van der Waals surface area contributed by atoms with E-state index in [9.17, 15) is 4.79 Å². The van der Waals surface area contributed by atoms with Crippen molar-refractivity contribution in [3.63, 3.8) is 0 Å². The zero-order valence-corrected chi connectivity index (χ0v) is 14.4. The summed E-state index contributed by atoms with van der Waals surface area (Å²) in [4.78, 5) is 12.1. The van der Waals surface area contributed by atoms with Gasteiger partial charge in [-0.15, -0.1) is 0 Å². The molecule has 0 aliphatic heterocycles. The summed E-state index contributed by atoms with van der Waals surface area (Å²) in [5.41, 5.74) is 1.83. The fraction of sp³-hybridized carbons (Fsp3) is 0.350. The minimum Gasteiger partial charge on any atom is -0.497 e. The summed E-state index contributed by atoms with van der Waals surface area (Å²) in [6.07, 6.45) is 2.74. The van der Waals surface area contributed by atoms with Crippen LogP contribution in [0.5, 0.6) is 11.5 Å². The summed E-state index contributed by atoms with van der Waals surface area (Å²) in [7, 11) is 1.61. The van der Waals surface area contributed by atoms with Crippen LogP contribution in [-0.4, -0.2) is 26.2 Å². The number of hydrogen-bond acceptors (Lipinski definition) is 3. The van der Waals surface area contributed by atoms with Crippen molar-refractivity contribution in [2.24, 2.45) is 0 Å². The standard InChI is InChI=1S/C20H25NO3/c1-3-15-24-19-9-5-4-7-16(19)8-6-14-21-20(22)17-10-12-18(23-2)13-11-17/h4-5,7,9-13H,3,6,8,14-15H2,1-2H3,(H,21,22). The van der Waals surface area contributed by atoms with E-state index in [1.165, 1.54) is 5.56 Å². The van der Waals surface area contributed by atoms with Crippen LogP contribution >= 0.6 is 0 Å². The smallest absolute Gasteiger partial charge is 0.251 e. The molecule has 2 aromatic carbocycles. The Morgan fingerprint density at radius 2 is 1.83 bits per heavy atom. The first-order valence-electron chi connectivity index (χ1n) is 8.37. The fourth-order valence-corrected chi connectivity index (χ4v) is 2.39. The van der Waals surface area contributed by atoms with E-state index in [4.69, 9.17) is 9.47 Å². The minimum absolute atomic E-state index is 0.0619. The molecule has 0 aliphatic rings. The van der Waals surface area contributed by atoms with Crippen LogP contribution in [0.15, 0.2) is 48.5 Å². The summed E-state index contributed by atoms with van der Waals surface area (Å²) in [5.74, 6) is 1.63. The van der Waals surface area contributed by atoms with E-state index in [0.717, 1.165) is 37.4 Å². The van der Waals surface area contributed by atoms with Gasteiger partial charge in [0.05, 0.1) is 13.7 Å². The number of para-hydroxylation sites is 1. The largest absolute Gasteiger partial charge is 0.497 e. The van der Waals surface area contributed by atoms with Crippen molar-refractivity contribution in [1.29, 1.82) is 0 Å². The Morgan fingerprint density at radius 3 is 2.54 bits per heavy atom. The van der Waals surface area contributed by atoms with E-state index in [0.29, 0.717) is 12.1 Å². The molecular weight excluding hydrogens is 302 g/mol. The molecule has 0 aliphatic carbocycles. The van der Waals surface area contributed by atoms with Crippen molar-refractivity contribution in [2.75, 3.05) is 20.3 Å². The molecule has 2 aromatic rings. The number of aryl methyl sites for hydroxylation is 1. The molecule has 0 atom stereocenters. The van der Waals surface area contributed by atoms with Crippen LogP contribution in [0.1, 0.15) is 35.7 Å². The van der Waals surface area contributed by atoms with Crippen molar-refractivity contribution < 1.29 is 14.3 Å². The van der Waals surface area contributed by atoms with Gasteiger partial charge in [0.1, 0.15) is 11.5 Å². The third kappa shape index (κ3) is 5.30. The topological polar surface area (TPSA) is 47.6 Å². The average Bonchev–Trinajstić information content (AvgIpc) is 2.64. The molecule has 2 rings (SSSR count). The van der Waals surface area contributed by atoms with E-state index in [1.54, 1.807) is 31.4 Å². The van der Waals surface area contributed by atoms with E-state index < -0.39 is 0 Å². The molecule has 0 fully saturated rings. The van der Waals surface area contributed by atoms with E-state index in [-0.39, 0.29) is 5.91 Å². The van der Waals surface area contributed by atoms with Gasteiger partial charge in [-0.25, -0.2) is 0 Å². The molecule has 0 radical (unpaired) electrons. The van der Waals surface area contributed by atoms with Gasteiger partial charge in [-0.2, -0.15) is 0 Å². The van der Waals surface area contributed by atoms with Gasteiger partial charge in [0.2, 0.25) is 0 Å². The number of hydrogen-bond donors (Lipinski definition) is 1. The van der Waals surface area contributed by atoms with Gasteiger partial charge in [-0.05, 0) is 55.2 Å². The molecule has 128 valence electrons. The highest BCUT2D eigenvalue weighted by Gasteiger charge is 2.06. The Morgan fingerprint density at radius 1 is 1.08 bits per heavy atom. The van der Waals surface area contributed by atoms with Crippen molar-refractivity contribution in [2.45, 2.75) is 26.2 Å². The number of ether oxygens (including phenoxy) is 2. The number of benzene rings is 2.